The van der Waals surface area contributed by atoms with Gasteiger partial charge in [0.05, 0.1) is 5.25 Å². The van der Waals surface area contributed by atoms with Crippen molar-refractivity contribution in [3.63, 3.8) is 0 Å². The lowest BCUT2D eigenvalue weighted by molar-refractivity contribution is -0.120. The number of hydrogen-bond acceptors (Lipinski definition) is 2. The van der Waals surface area contributed by atoms with Gasteiger partial charge in [0.25, 0.3) is 0 Å². The molecule has 0 radical (unpaired) electrons. The third-order valence-electron chi connectivity index (χ3n) is 2.33. The molecule has 0 N–H and O–H groups in total. The molecule has 0 heterocycles. The zero-order valence-corrected chi connectivity index (χ0v) is 9.91. The Kier molecular flexibility index (Phi) is 3.44. The normalized spacial score (nSPS) is 30.6. The van der Waals surface area contributed by atoms with E-state index in [-0.39, 0.29) is 10.00 Å². The Morgan fingerprint density at radius 3 is 2.38 bits per heavy atom. The number of rotatable bonds is 1. The van der Waals surface area contributed by atoms with Crippen molar-refractivity contribution in [3.05, 3.63) is 0 Å². The third-order valence-corrected chi connectivity index (χ3v) is 3.82. The predicted octanol–water partition coefficient (Wildman–Crippen LogP) is 3.28. The summed E-state index contributed by atoms with van der Waals surface area (Å²) >= 11 is 1.84. The van der Waals surface area contributed by atoms with Crippen LogP contribution in [0.4, 0.5) is 0 Å². The summed E-state index contributed by atoms with van der Waals surface area (Å²) < 4.78 is 0.223. The fourth-order valence-corrected chi connectivity index (χ4v) is 3.06. The van der Waals surface area contributed by atoms with Crippen LogP contribution in [0.2, 0.25) is 0 Å². The minimum Gasteiger partial charge on any atom is -0.298 e. The standard InChI is InChI=1S/C11H20OS/c1-8-5-6-10(9(12)7-8)13-11(2,3)4/h8,10H,5-7H2,1-4H3. The molecule has 0 aromatic carbocycles. The summed E-state index contributed by atoms with van der Waals surface area (Å²) in [4.78, 5) is 11.7. The van der Waals surface area contributed by atoms with Crippen LogP contribution in [0.1, 0.15) is 47.0 Å². The molecule has 0 aliphatic heterocycles. The lowest BCUT2D eigenvalue weighted by Gasteiger charge is -2.29. The maximum Gasteiger partial charge on any atom is 0.146 e. The van der Waals surface area contributed by atoms with Gasteiger partial charge in [-0.2, -0.15) is 0 Å². The molecule has 0 amide bonds. The van der Waals surface area contributed by atoms with Gasteiger partial charge < -0.3 is 0 Å². The number of ketones is 1. The zero-order valence-electron chi connectivity index (χ0n) is 9.09. The van der Waals surface area contributed by atoms with Crippen molar-refractivity contribution in [3.8, 4) is 0 Å². The Bertz CT molecular complexity index is 193. The summed E-state index contributed by atoms with van der Waals surface area (Å²) in [6.07, 6.45) is 3.11. The molecule has 0 bridgehead atoms. The van der Waals surface area contributed by atoms with Crippen LogP contribution >= 0.6 is 11.8 Å². The number of thioether (sulfide) groups is 1. The topological polar surface area (TPSA) is 17.1 Å². The monoisotopic (exact) mass is 200 g/mol. The number of hydrogen-bond donors (Lipinski definition) is 0. The quantitative estimate of drug-likeness (QED) is 0.646. The Hall–Kier alpha value is 0.0200. The van der Waals surface area contributed by atoms with Crippen molar-refractivity contribution in [2.75, 3.05) is 0 Å². The van der Waals surface area contributed by atoms with Crippen molar-refractivity contribution in [2.45, 2.75) is 57.0 Å². The molecule has 1 nitrogen and oxygen atoms in total. The highest BCUT2D eigenvalue weighted by Crippen LogP contribution is 2.36. The van der Waals surface area contributed by atoms with Crippen molar-refractivity contribution in [1.29, 1.82) is 0 Å². The van der Waals surface area contributed by atoms with Gasteiger partial charge in [0.2, 0.25) is 0 Å². The Morgan fingerprint density at radius 2 is 1.92 bits per heavy atom. The second-order valence-corrected chi connectivity index (χ2v) is 7.10. The van der Waals surface area contributed by atoms with Crippen molar-refractivity contribution in [2.24, 2.45) is 5.92 Å². The first kappa shape index (κ1) is 11.1. The van der Waals surface area contributed by atoms with Gasteiger partial charge >= 0.3 is 0 Å². The van der Waals surface area contributed by atoms with Gasteiger partial charge in [-0.1, -0.05) is 27.7 Å². The molecule has 1 saturated carbocycles. The van der Waals surface area contributed by atoms with E-state index in [1.54, 1.807) is 0 Å². The summed E-state index contributed by atoms with van der Waals surface area (Å²) in [5.74, 6) is 1.09. The van der Waals surface area contributed by atoms with Crippen LogP contribution in [0.25, 0.3) is 0 Å². The van der Waals surface area contributed by atoms with E-state index in [9.17, 15) is 4.79 Å². The van der Waals surface area contributed by atoms with E-state index in [1.165, 1.54) is 6.42 Å². The smallest absolute Gasteiger partial charge is 0.146 e. The molecule has 2 atom stereocenters. The summed E-state index contributed by atoms with van der Waals surface area (Å²) in [5, 5.41) is 0.274. The second kappa shape index (κ2) is 4.04. The molecule has 1 fully saturated rings. The molecule has 76 valence electrons. The highest BCUT2D eigenvalue weighted by atomic mass is 32.2. The van der Waals surface area contributed by atoms with Gasteiger partial charge in [-0.15, -0.1) is 11.8 Å². The molecular formula is C11H20OS. The maximum absolute atomic E-state index is 11.7. The molecule has 0 spiro atoms. The molecule has 0 saturated heterocycles. The summed E-state index contributed by atoms with van der Waals surface area (Å²) in [6, 6.07) is 0. The van der Waals surface area contributed by atoms with E-state index in [1.807, 2.05) is 11.8 Å². The van der Waals surface area contributed by atoms with Crippen LogP contribution in [-0.2, 0) is 4.79 Å². The van der Waals surface area contributed by atoms with Crippen LogP contribution in [-0.4, -0.2) is 15.8 Å². The van der Waals surface area contributed by atoms with Gasteiger partial charge in [0, 0.05) is 11.2 Å². The van der Waals surface area contributed by atoms with Crippen LogP contribution in [0.5, 0.6) is 0 Å². The Labute approximate surface area is 85.7 Å². The van der Waals surface area contributed by atoms with Crippen molar-refractivity contribution < 1.29 is 4.79 Å². The summed E-state index contributed by atoms with van der Waals surface area (Å²) in [7, 11) is 0. The van der Waals surface area contributed by atoms with Gasteiger partial charge in [0.1, 0.15) is 5.78 Å². The summed E-state index contributed by atoms with van der Waals surface area (Å²) in [5.41, 5.74) is 0. The predicted molar refractivity (Wildman–Crippen MR) is 59.2 cm³/mol. The third kappa shape index (κ3) is 3.72. The average molecular weight is 200 g/mol. The first-order chi connectivity index (χ1) is 5.88. The lowest BCUT2D eigenvalue weighted by atomic mass is 9.89. The van der Waals surface area contributed by atoms with Crippen LogP contribution < -0.4 is 0 Å². The molecule has 0 aromatic heterocycles. The SMILES string of the molecule is CC1CCC(SC(C)(C)C)C(=O)C1. The molecule has 1 aliphatic carbocycles. The molecule has 0 aromatic rings. The van der Waals surface area contributed by atoms with E-state index < -0.39 is 0 Å². The van der Waals surface area contributed by atoms with Crippen LogP contribution in [0.3, 0.4) is 0 Å². The minimum atomic E-state index is 0.223. The van der Waals surface area contributed by atoms with E-state index >= 15 is 0 Å². The Morgan fingerprint density at radius 1 is 1.31 bits per heavy atom. The fourth-order valence-electron chi connectivity index (χ4n) is 1.73. The largest absolute Gasteiger partial charge is 0.298 e. The highest BCUT2D eigenvalue weighted by molar-refractivity contribution is 8.01. The molecule has 2 heteroatoms. The van der Waals surface area contributed by atoms with Crippen molar-refractivity contribution in [1.82, 2.24) is 0 Å². The maximum atomic E-state index is 11.7. The van der Waals surface area contributed by atoms with Gasteiger partial charge in [-0.3, -0.25) is 4.79 Å². The highest BCUT2D eigenvalue weighted by Gasteiger charge is 2.29. The molecular weight excluding hydrogens is 180 g/mol. The average Bonchev–Trinajstić information content (AvgIpc) is 1.93. The zero-order chi connectivity index (χ0) is 10.1. The van der Waals surface area contributed by atoms with Crippen LogP contribution in [0, 0.1) is 5.92 Å². The number of carbonyl (C=O) groups is 1. The van der Waals surface area contributed by atoms with E-state index in [0.29, 0.717) is 11.7 Å². The molecule has 2 unspecified atom stereocenters. The fraction of sp³-hybridized carbons (Fsp3) is 0.909. The van der Waals surface area contributed by atoms with Crippen molar-refractivity contribution >= 4 is 17.5 Å². The van der Waals surface area contributed by atoms with E-state index in [2.05, 4.69) is 27.7 Å². The first-order valence-corrected chi connectivity index (χ1v) is 5.97. The number of carbonyl (C=O) groups excluding carboxylic acids is 1. The van der Waals surface area contributed by atoms with E-state index in [0.717, 1.165) is 12.8 Å². The first-order valence-electron chi connectivity index (χ1n) is 5.09. The number of Topliss-reactive ketones (excluding diaryl/α,β-unsaturated/α-hetero) is 1. The molecule has 1 rings (SSSR count). The summed E-state index contributed by atoms with van der Waals surface area (Å²) in [6.45, 7) is 8.73. The molecule has 13 heavy (non-hydrogen) atoms. The van der Waals surface area contributed by atoms with E-state index in [4.69, 9.17) is 0 Å². The Balaban J connectivity index is 2.48. The van der Waals surface area contributed by atoms with Gasteiger partial charge in [-0.05, 0) is 18.8 Å². The second-order valence-electron chi connectivity index (χ2n) is 5.07. The lowest BCUT2D eigenvalue weighted by Crippen LogP contribution is -2.29. The van der Waals surface area contributed by atoms with Gasteiger partial charge in [-0.25, -0.2) is 0 Å². The minimum absolute atomic E-state index is 0.223. The van der Waals surface area contributed by atoms with Crippen LogP contribution in [0.15, 0.2) is 0 Å². The molecule has 1 aliphatic rings. The van der Waals surface area contributed by atoms with Gasteiger partial charge in [0.15, 0.2) is 0 Å².